The van der Waals surface area contributed by atoms with Crippen LogP contribution in [0, 0.1) is 0 Å². The van der Waals surface area contributed by atoms with Crippen molar-refractivity contribution in [3.8, 4) is 11.5 Å². The third-order valence-electron chi connectivity index (χ3n) is 4.11. The van der Waals surface area contributed by atoms with Gasteiger partial charge in [0.05, 0.1) is 20.3 Å². The zero-order chi connectivity index (χ0) is 14.4. The number of carbonyl (C=O) groups excluding carboxylic acids is 1. The summed E-state index contributed by atoms with van der Waals surface area (Å²) < 4.78 is 10.8. The Kier molecular flexibility index (Phi) is 2.64. The lowest BCUT2D eigenvalue weighted by molar-refractivity contribution is 0.0996. The number of hydrogen-bond donors (Lipinski definition) is 0. The van der Waals surface area contributed by atoms with Crippen LogP contribution in [0.15, 0.2) is 36.4 Å². The van der Waals surface area contributed by atoms with E-state index in [1.165, 1.54) is 5.56 Å². The standard InChI is InChI=1S/C17H15NO3/c1-20-14-5-3-12-10-18(17(19)15(12)9-14)13-4-2-11-6-7-21-16(11)8-13/h2-5,8-9H,6-7,10H2,1H3. The number of methoxy groups -OCH3 is 1. The van der Waals surface area contributed by atoms with Crippen LogP contribution < -0.4 is 14.4 Å². The van der Waals surface area contributed by atoms with Gasteiger partial charge in [-0.15, -0.1) is 0 Å². The van der Waals surface area contributed by atoms with E-state index in [1.807, 2.05) is 30.3 Å². The molecule has 4 heteroatoms. The van der Waals surface area contributed by atoms with E-state index in [1.54, 1.807) is 12.0 Å². The van der Waals surface area contributed by atoms with Crippen molar-refractivity contribution in [2.45, 2.75) is 13.0 Å². The molecule has 0 saturated heterocycles. The highest BCUT2D eigenvalue weighted by atomic mass is 16.5. The molecule has 4 nitrogen and oxygen atoms in total. The average molecular weight is 281 g/mol. The van der Waals surface area contributed by atoms with E-state index in [0.717, 1.165) is 35.6 Å². The van der Waals surface area contributed by atoms with Crippen LogP contribution >= 0.6 is 0 Å². The van der Waals surface area contributed by atoms with Gasteiger partial charge in [0.1, 0.15) is 11.5 Å². The van der Waals surface area contributed by atoms with Gasteiger partial charge in [0.15, 0.2) is 0 Å². The van der Waals surface area contributed by atoms with E-state index in [-0.39, 0.29) is 5.91 Å². The Morgan fingerprint density at radius 1 is 1.14 bits per heavy atom. The Hall–Kier alpha value is -2.49. The van der Waals surface area contributed by atoms with E-state index < -0.39 is 0 Å². The molecule has 0 fully saturated rings. The number of amides is 1. The van der Waals surface area contributed by atoms with Gasteiger partial charge in [0, 0.05) is 23.7 Å². The maximum absolute atomic E-state index is 12.6. The predicted molar refractivity (Wildman–Crippen MR) is 79.1 cm³/mol. The number of nitrogens with zero attached hydrogens (tertiary/aromatic N) is 1. The van der Waals surface area contributed by atoms with Crippen LogP contribution in [-0.2, 0) is 13.0 Å². The molecule has 4 rings (SSSR count). The quantitative estimate of drug-likeness (QED) is 0.849. The first-order valence-electron chi connectivity index (χ1n) is 7.01. The van der Waals surface area contributed by atoms with Crippen molar-refractivity contribution in [1.82, 2.24) is 0 Å². The second-order valence-corrected chi connectivity index (χ2v) is 5.30. The highest BCUT2D eigenvalue weighted by Gasteiger charge is 2.29. The normalized spacial score (nSPS) is 15.7. The van der Waals surface area contributed by atoms with E-state index >= 15 is 0 Å². The minimum Gasteiger partial charge on any atom is -0.497 e. The van der Waals surface area contributed by atoms with Gasteiger partial charge < -0.3 is 14.4 Å². The van der Waals surface area contributed by atoms with Gasteiger partial charge in [0.2, 0.25) is 0 Å². The summed E-state index contributed by atoms with van der Waals surface area (Å²) in [6, 6.07) is 11.7. The zero-order valence-corrected chi connectivity index (χ0v) is 11.8. The lowest BCUT2D eigenvalue weighted by Gasteiger charge is -2.16. The third kappa shape index (κ3) is 1.87. The lowest BCUT2D eigenvalue weighted by Crippen LogP contribution is -2.22. The molecule has 1 amide bonds. The van der Waals surface area contributed by atoms with E-state index in [0.29, 0.717) is 12.3 Å². The molecule has 0 unspecified atom stereocenters. The average Bonchev–Trinajstić information content (AvgIpc) is 3.11. The molecule has 0 bridgehead atoms. The van der Waals surface area contributed by atoms with Gasteiger partial charge in [0.25, 0.3) is 5.91 Å². The van der Waals surface area contributed by atoms with Gasteiger partial charge in [-0.25, -0.2) is 0 Å². The number of anilines is 1. The lowest BCUT2D eigenvalue weighted by atomic mass is 10.1. The Morgan fingerprint density at radius 3 is 2.86 bits per heavy atom. The summed E-state index contributed by atoms with van der Waals surface area (Å²) in [5.74, 6) is 1.62. The number of hydrogen-bond acceptors (Lipinski definition) is 3. The van der Waals surface area contributed by atoms with Crippen LogP contribution in [0.5, 0.6) is 11.5 Å². The molecule has 0 aliphatic carbocycles. The van der Waals surface area contributed by atoms with Crippen molar-refractivity contribution in [1.29, 1.82) is 0 Å². The molecule has 0 atom stereocenters. The van der Waals surface area contributed by atoms with Crippen molar-refractivity contribution in [2.75, 3.05) is 18.6 Å². The second kappa shape index (κ2) is 4.52. The molecule has 0 aromatic heterocycles. The van der Waals surface area contributed by atoms with Crippen LogP contribution in [-0.4, -0.2) is 19.6 Å². The molecule has 0 saturated carbocycles. The predicted octanol–water partition coefficient (Wildman–Crippen LogP) is 2.79. The number of ether oxygens (including phenoxy) is 2. The van der Waals surface area contributed by atoms with Gasteiger partial charge in [-0.2, -0.15) is 0 Å². The van der Waals surface area contributed by atoms with E-state index in [4.69, 9.17) is 9.47 Å². The molecule has 2 aromatic carbocycles. The minimum absolute atomic E-state index is 0.0156. The number of rotatable bonds is 2. The molecular weight excluding hydrogens is 266 g/mol. The minimum atomic E-state index is 0.0156. The number of benzene rings is 2. The first-order valence-corrected chi connectivity index (χ1v) is 7.01. The summed E-state index contributed by atoms with van der Waals surface area (Å²) in [5.41, 5.74) is 3.85. The van der Waals surface area contributed by atoms with Gasteiger partial charge in [-0.05, 0) is 29.3 Å². The van der Waals surface area contributed by atoms with E-state index in [2.05, 4.69) is 6.07 Å². The molecular formula is C17H15NO3. The Bertz CT molecular complexity index is 739. The van der Waals surface area contributed by atoms with Crippen molar-refractivity contribution < 1.29 is 14.3 Å². The van der Waals surface area contributed by atoms with Crippen LogP contribution in [0.3, 0.4) is 0 Å². The summed E-state index contributed by atoms with van der Waals surface area (Å²) in [4.78, 5) is 14.4. The maximum Gasteiger partial charge on any atom is 0.259 e. The highest BCUT2D eigenvalue weighted by molar-refractivity contribution is 6.10. The third-order valence-corrected chi connectivity index (χ3v) is 4.11. The molecule has 0 N–H and O–H groups in total. The molecule has 0 spiro atoms. The molecule has 2 aromatic rings. The topological polar surface area (TPSA) is 38.8 Å². The van der Waals surface area contributed by atoms with Gasteiger partial charge in [-0.1, -0.05) is 12.1 Å². The molecule has 2 heterocycles. The fraction of sp³-hybridized carbons (Fsp3) is 0.235. The summed E-state index contributed by atoms with van der Waals surface area (Å²) >= 11 is 0. The molecule has 21 heavy (non-hydrogen) atoms. The van der Waals surface area contributed by atoms with Crippen molar-refractivity contribution in [2.24, 2.45) is 0 Å². The van der Waals surface area contributed by atoms with Gasteiger partial charge >= 0.3 is 0 Å². The van der Waals surface area contributed by atoms with Crippen molar-refractivity contribution in [3.05, 3.63) is 53.1 Å². The largest absolute Gasteiger partial charge is 0.497 e. The number of fused-ring (bicyclic) bond motifs is 2. The first-order chi connectivity index (χ1) is 10.3. The Morgan fingerprint density at radius 2 is 2.00 bits per heavy atom. The summed E-state index contributed by atoms with van der Waals surface area (Å²) in [6.45, 7) is 1.32. The van der Waals surface area contributed by atoms with E-state index in [9.17, 15) is 4.79 Å². The smallest absolute Gasteiger partial charge is 0.259 e. The zero-order valence-electron chi connectivity index (χ0n) is 11.8. The second-order valence-electron chi connectivity index (χ2n) is 5.30. The van der Waals surface area contributed by atoms with Crippen LogP contribution in [0.1, 0.15) is 21.5 Å². The van der Waals surface area contributed by atoms with Crippen LogP contribution in [0.4, 0.5) is 5.69 Å². The van der Waals surface area contributed by atoms with Crippen LogP contribution in [0.2, 0.25) is 0 Å². The number of carbonyl (C=O) groups is 1. The molecule has 0 radical (unpaired) electrons. The monoisotopic (exact) mass is 281 g/mol. The Labute approximate surface area is 122 Å². The highest BCUT2D eigenvalue weighted by Crippen LogP contribution is 2.35. The van der Waals surface area contributed by atoms with Gasteiger partial charge in [-0.3, -0.25) is 4.79 Å². The summed E-state index contributed by atoms with van der Waals surface area (Å²) in [5, 5.41) is 0. The van der Waals surface area contributed by atoms with Crippen molar-refractivity contribution in [3.63, 3.8) is 0 Å². The maximum atomic E-state index is 12.6. The SMILES string of the molecule is COc1ccc2c(c1)C(=O)N(c1ccc3c(c1)OCC3)C2. The summed E-state index contributed by atoms with van der Waals surface area (Å²) in [7, 11) is 1.61. The first kappa shape index (κ1) is 12.3. The fourth-order valence-electron chi connectivity index (χ4n) is 2.94. The Balaban J connectivity index is 1.70. The van der Waals surface area contributed by atoms with Crippen LogP contribution in [0.25, 0.3) is 0 Å². The molecule has 2 aliphatic rings. The molecule has 2 aliphatic heterocycles. The van der Waals surface area contributed by atoms with Crippen molar-refractivity contribution >= 4 is 11.6 Å². The summed E-state index contributed by atoms with van der Waals surface area (Å²) in [6.07, 6.45) is 0.945. The fourth-order valence-corrected chi connectivity index (χ4v) is 2.94. The molecule has 106 valence electrons.